The second-order valence-corrected chi connectivity index (χ2v) is 12.4. The molecular weight excluding hydrogens is 582 g/mol. The predicted octanol–water partition coefficient (Wildman–Crippen LogP) is 5.56. The standard InChI is InChI=1S/C33H33N3O7S/c37-31(35-30-9-5-4-8-29(30)33(38)39)20-24-10-19-32(34-21-24)43-28-17-15-27(16-18-28)42-26-13-11-25(12-14-26)36-44(40,41)22-23-6-2-1-3-7-23/h1-10,15-19,21,25-26,36H,11-14,20,22H2,(H,35,37)(H,38,39). The molecule has 0 bridgehead atoms. The predicted molar refractivity (Wildman–Crippen MR) is 165 cm³/mol. The topological polar surface area (TPSA) is 144 Å². The van der Waals surface area contributed by atoms with E-state index in [-0.39, 0.29) is 41.5 Å². The molecular formula is C33H33N3O7S. The maximum Gasteiger partial charge on any atom is 0.337 e. The van der Waals surface area contributed by atoms with Crippen LogP contribution in [0.2, 0.25) is 0 Å². The van der Waals surface area contributed by atoms with Gasteiger partial charge in [-0.1, -0.05) is 48.5 Å². The Balaban J connectivity index is 1.05. The van der Waals surface area contributed by atoms with E-state index in [0.29, 0.717) is 35.8 Å². The quantitative estimate of drug-likeness (QED) is 0.188. The summed E-state index contributed by atoms with van der Waals surface area (Å²) in [5.74, 6) is 0.117. The maximum absolute atomic E-state index is 12.6. The number of hydrogen-bond acceptors (Lipinski definition) is 7. The second-order valence-electron chi connectivity index (χ2n) is 10.6. The Labute approximate surface area is 256 Å². The van der Waals surface area contributed by atoms with Gasteiger partial charge in [-0.05, 0) is 73.2 Å². The summed E-state index contributed by atoms with van der Waals surface area (Å²) in [6, 6.07) is 25.8. The van der Waals surface area contributed by atoms with E-state index in [1.807, 2.05) is 42.5 Å². The van der Waals surface area contributed by atoms with Crippen LogP contribution in [0.3, 0.4) is 0 Å². The average molecular weight is 616 g/mol. The molecule has 3 N–H and O–H groups in total. The zero-order chi connectivity index (χ0) is 30.9. The molecule has 1 aliphatic carbocycles. The van der Waals surface area contributed by atoms with E-state index in [0.717, 1.165) is 18.4 Å². The van der Waals surface area contributed by atoms with Crippen LogP contribution in [0.15, 0.2) is 97.2 Å². The van der Waals surface area contributed by atoms with Crippen LogP contribution in [0.4, 0.5) is 5.69 Å². The van der Waals surface area contributed by atoms with Crippen LogP contribution in [0, 0.1) is 0 Å². The van der Waals surface area contributed by atoms with Crippen molar-refractivity contribution in [1.29, 1.82) is 0 Å². The lowest BCUT2D eigenvalue weighted by Gasteiger charge is -2.29. The molecule has 1 fully saturated rings. The minimum atomic E-state index is -3.41. The highest BCUT2D eigenvalue weighted by Gasteiger charge is 2.26. The van der Waals surface area contributed by atoms with Gasteiger partial charge in [0.1, 0.15) is 11.5 Å². The van der Waals surface area contributed by atoms with E-state index in [4.69, 9.17) is 9.47 Å². The maximum atomic E-state index is 12.6. The van der Waals surface area contributed by atoms with Crippen molar-refractivity contribution in [2.45, 2.75) is 50.0 Å². The molecule has 1 saturated carbocycles. The molecule has 0 saturated heterocycles. The summed E-state index contributed by atoms with van der Waals surface area (Å²) in [6.07, 6.45) is 4.47. The van der Waals surface area contributed by atoms with Gasteiger partial charge in [-0.15, -0.1) is 0 Å². The van der Waals surface area contributed by atoms with Crippen molar-refractivity contribution >= 4 is 27.6 Å². The summed E-state index contributed by atoms with van der Waals surface area (Å²) >= 11 is 0. The first-order valence-corrected chi connectivity index (χ1v) is 15.9. The molecule has 0 aliphatic heterocycles. The van der Waals surface area contributed by atoms with Crippen LogP contribution in [0.5, 0.6) is 17.4 Å². The highest BCUT2D eigenvalue weighted by atomic mass is 32.2. The fraction of sp³-hybridized carbons (Fsp3) is 0.242. The molecule has 0 spiro atoms. The number of hydrogen-bond donors (Lipinski definition) is 3. The summed E-state index contributed by atoms with van der Waals surface area (Å²) in [6.45, 7) is 0. The van der Waals surface area contributed by atoms with E-state index in [9.17, 15) is 23.1 Å². The van der Waals surface area contributed by atoms with Gasteiger partial charge in [0.2, 0.25) is 21.8 Å². The minimum absolute atomic E-state index is 0.000615. The van der Waals surface area contributed by atoms with Crippen LogP contribution in [0.1, 0.15) is 47.2 Å². The zero-order valence-corrected chi connectivity index (χ0v) is 24.7. The Hall–Kier alpha value is -4.74. The minimum Gasteiger partial charge on any atom is -0.490 e. The number of aromatic carboxylic acids is 1. The number of carbonyl (C=O) groups is 2. The number of nitrogens with zero attached hydrogens (tertiary/aromatic N) is 1. The number of aromatic nitrogens is 1. The van der Waals surface area contributed by atoms with E-state index < -0.39 is 16.0 Å². The number of anilines is 1. The number of nitrogens with one attached hydrogen (secondary N) is 2. The lowest BCUT2D eigenvalue weighted by Crippen LogP contribution is -2.40. The lowest BCUT2D eigenvalue weighted by atomic mass is 9.94. The number of pyridine rings is 1. The van der Waals surface area contributed by atoms with Crippen molar-refractivity contribution in [3.05, 3.63) is 114 Å². The second kappa shape index (κ2) is 14.2. The van der Waals surface area contributed by atoms with Crippen LogP contribution in [-0.4, -0.2) is 42.5 Å². The number of benzene rings is 3. The van der Waals surface area contributed by atoms with Gasteiger partial charge in [-0.25, -0.2) is 22.9 Å². The van der Waals surface area contributed by atoms with Crippen molar-refractivity contribution in [2.75, 3.05) is 5.32 Å². The third-order valence-corrected chi connectivity index (χ3v) is 8.57. The Morgan fingerprint density at radius 2 is 1.50 bits per heavy atom. The lowest BCUT2D eigenvalue weighted by molar-refractivity contribution is -0.115. The van der Waals surface area contributed by atoms with Gasteiger partial charge < -0.3 is 19.9 Å². The first-order chi connectivity index (χ1) is 21.2. The molecule has 4 aromatic rings. The fourth-order valence-electron chi connectivity index (χ4n) is 5.02. The smallest absolute Gasteiger partial charge is 0.337 e. The van der Waals surface area contributed by atoms with E-state index >= 15 is 0 Å². The van der Waals surface area contributed by atoms with Crippen LogP contribution < -0.4 is 19.5 Å². The van der Waals surface area contributed by atoms with E-state index in [2.05, 4.69) is 15.0 Å². The average Bonchev–Trinajstić information content (AvgIpc) is 3.00. The summed E-state index contributed by atoms with van der Waals surface area (Å²) in [5, 5.41) is 11.9. The molecule has 5 rings (SSSR count). The van der Waals surface area contributed by atoms with Crippen molar-refractivity contribution in [3.8, 4) is 17.4 Å². The highest BCUT2D eigenvalue weighted by molar-refractivity contribution is 7.88. The number of sulfonamides is 1. The number of amides is 1. The molecule has 1 aromatic heterocycles. The third kappa shape index (κ3) is 8.88. The van der Waals surface area contributed by atoms with Crippen LogP contribution in [-0.2, 0) is 27.0 Å². The Bertz CT molecular complexity index is 1670. The van der Waals surface area contributed by atoms with Crippen LogP contribution in [0.25, 0.3) is 0 Å². The number of ether oxygens (including phenoxy) is 2. The molecule has 11 heteroatoms. The molecule has 228 valence electrons. The first-order valence-electron chi connectivity index (χ1n) is 14.3. The van der Waals surface area contributed by atoms with Gasteiger partial charge in [-0.3, -0.25) is 4.79 Å². The fourth-order valence-corrected chi connectivity index (χ4v) is 6.48. The Morgan fingerprint density at radius 3 is 2.18 bits per heavy atom. The van der Waals surface area contributed by atoms with Crippen molar-refractivity contribution in [1.82, 2.24) is 9.71 Å². The molecule has 44 heavy (non-hydrogen) atoms. The highest BCUT2D eigenvalue weighted by Crippen LogP contribution is 2.27. The number of rotatable bonds is 12. The van der Waals surface area contributed by atoms with Gasteiger partial charge >= 0.3 is 5.97 Å². The summed E-state index contributed by atoms with van der Waals surface area (Å²) in [4.78, 5) is 28.1. The summed E-state index contributed by atoms with van der Waals surface area (Å²) < 4.78 is 39.9. The first kappa shape index (κ1) is 30.7. The normalized spacial score (nSPS) is 16.5. The molecule has 1 aliphatic rings. The Kier molecular flexibility index (Phi) is 9.88. The number of carboxylic acid groups (broad SMARTS) is 1. The van der Waals surface area contributed by atoms with Gasteiger partial charge in [0, 0.05) is 18.3 Å². The molecule has 1 amide bonds. The number of carboxylic acids is 1. The van der Waals surface area contributed by atoms with Gasteiger partial charge in [0.25, 0.3) is 0 Å². The molecule has 3 aromatic carbocycles. The molecule has 1 heterocycles. The van der Waals surface area contributed by atoms with Gasteiger partial charge in [-0.2, -0.15) is 0 Å². The van der Waals surface area contributed by atoms with E-state index in [1.54, 1.807) is 42.5 Å². The molecule has 10 nitrogen and oxygen atoms in total. The molecule has 0 unspecified atom stereocenters. The summed E-state index contributed by atoms with van der Waals surface area (Å²) in [7, 11) is -3.41. The number of para-hydroxylation sites is 1. The monoisotopic (exact) mass is 615 g/mol. The van der Waals surface area contributed by atoms with Crippen molar-refractivity contribution < 1.29 is 32.6 Å². The van der Waals surface area contributed by atoms with Gasteiger partial charge in [0.05, 0.1) is 29.5 Å². The molecule has 0 radical (unpaired) electrons. The van der Waals surface area contributed by atoms with Crippen LogP contribution >= 0.6 is 0 Å². The largest absolute Gasteiger partial charge is 0.490 e. The number of carbonyl (C=O) groups excluding carboxylic acids is 1. The summed E-state index contributed by atoms with van der Waals surface area (Å²) in [5.41, 5.74) is 1.66. The van der Waals surface area contributed by atoms with E-state index in [1.165, 1.54) is 12.3 Å². The van der Waals surface area contributed by atoms with Gasteiger partial charge in [0.15, 0.2) is 0 Å². The SMILES string of the molecule is O=C(Cc1ccc(Oc2ccc(OC3CCC(NS(=O)(=O)Cc4ccccc4)CC3)cc2)nc1)Nc1ccccc1C(=O)O. The third-order valence-electron chi connectivity index (χ3n) is 7.16. The Morgan fingerprint density at radius 1 is 0.818 bits per heavy atom. The van der Waals surface area contributed by atoms with Crippen molar-refractivity contribution in [3.63, 3.8) is 0 Å². The molecule has 0 atom stereocenters. The zero-order valence-electron chi connectivity index (χ0n) is 23.9. The van der Waals surface area contributed by atoms with Crippen molar-refractivity contribution in [2.24, 2.45) is 0 Å².